The Morgan fingerprint density at radius 2 is 1.10 bits per heavy atom. The van der Waals surface area contributed by atoms with Gasteiger partial charge in [-0.05, 0) is 35.4 Å². The summed E-state index contributed by atoms with van der Waals surface area (Å²) in [6.07, 6.45) is 4.97. The third-order valence-corrected chi connectivity index (χ3v) is 7.77. The van der Waals surface area contributed by atoms with E-state index in [1.165, 1.54) is 48.6 Å². The van der Waals surface area contributed by atoms with E-state index in [9.17, 15) is 25.9 Å². The second kappa shape index (κ2) is 11.1. The Labute approximate surface area is 247 Å². The Balaban J connectivity index is 1.68. The minimum atomic E-state index is -4.78. The number of hydrogen-bond acceptors (Lipinski definition) is 12. The molecule has 2 aromatic carbocycles. The molecule has 2 atom stereocenters. The lowest BCUT2D eigenvalue weighted by molar-refractivity contribution is 0.480. The van der Waals surface area contributed by atoms with Crippen LogP contribution in [-0.4, -0.2) is 36.2 Å². The van der Waals surface area contributed by atoms with Crippen LogP contribution in [-0.2, 0) is 20.2 Å². The molecule has 0 saturated heterocycles. The van der Waals surface area contributed by atoms with Gasteiger partial charge in [0.05, 0.1) is 0 Å². The minimum absolute atomic E-state index is 0.0321. The molecule has 0 bridgehead atoms. The van der Waals surface area contributed by atoms with E-state index >= 15 is 0 Å². The van der Waals surface area contributed by atoms with Gasteiger partial charge in [-0.1, -0.05) is 81.1 Å². The smallest absolute Gasteiger partial charge is 0.295 e. The van der Waals surface area contributed by atoms with Gasteiger partial charge in [-0.25, -0.2) is 10.9 Å². The van der Waals surface area contributed by atoms with Crippen molar-refractivity contribution in [3.63, 3.8) is 0 Å². The molecule has 0 saturated carbocycles. The van der Waals surface area contributed by atoms with Gasteiger partial charge in [0, 0.05) is 23.5 Å². The molecule has 4 rings (SSSR count). The maximum Gasteiger partial charge on any atom is 0.295 e. The van der Waals surface area contributed by atoms with Crippen LogP contribution in [0.3, 0.4) is 0 Å². The lowest BCUT2D eigenvalue weighted by Crippen LogP contribution is -2.30. The number of anilines is 2. The highest BCUT2D eigenvalue weighted by molar-refractivity contribution is 7.86. The Bertz CT molecular complexity index is 1610. The van der Waals surface area contributed by atoms with Crippen LogP contribution in [0.1, 0.15) is 11.1 Å². The molecule has 14 nitrogen and oxygen atoms in total. The normalized spacial score (nSPS) is 22.8. The first-order chi connectivity index (χ1) is 18.6. The van der Waals surface area contributed by atoms with Gasteiger partial charge in [-0.2, -0.15) is 16.8 Å². The van der Waals surface area contributed by atoms with Crippen molar-refractivity contribution in [3.05, 3.63) is 70.0 Å². The summed E-state index contributed by atoms with van der Waals surface area (Å²) in [7, 11) is -9.56. The van der Waals surface area contributed by atoms with Crippen molar-refractivity contribution in [2.24, 2.45) is 20.7 Å². The molecular formula is C20H16Cl4N8O6S2. The summed E-state index contributed by atoms with van der Waals surface area (Å²) in [6, 6.07) is 7.60. The zero-order valence-corrected chi connectivity index (χ0v) is 24.1. The summed E-state index contributed by atoms with van der Waals surface area (Å²) < 4.78 is 68.2. The number of hydrogen-bond donors (Lipinski definition) is 6. The lowest BCUT2D eigenvalue weighted by Gasteiger charge is -2.23. The van der Waals surface area contributed by atoms with E-state index in [2.05, 4.69) is 42.2 Å². The maximum absolute atomic E-state index is 12.1. The van der Waals surface area contributed by atoms with Crippen molar-refractivity contribution in [2.75, 3.05) is 10.6 Å². The zero-order chi connectivity index (χ0) is 29.3. The van der Waals surface area contributed by atoms with Crippen LogP contribution in [0.25, 0.3) is 12.2 Å². The molecule has 2 unspecified atom stereocenters. The Morgan fingerprint density at radius 3 is 1.43 bits per heavy atom. The van der Waals surface area contributed by atoms with Crippen molar-refractivity contribution in [2.45, 2.75) is 20.0 Å². The molecule has 2 aliphatic heterocycles. The van der Waals surface area contributed by atoms with Crippen LogP contribution < -0.4 is 21.5 Å². The van der Waals surface area contributed by atoms with Crippen molar-refractivity contribution in [1.82, 2.24) is 10.9 Å². The van der Waals surface area contributed by atoms with E-state index in [-0.39, 0.29) is 32.8 Å². The average Bonchev–Trinajstić information content (AvgIpc) is 2.81. The Morgan fingerprint density at radius 1 is 0.725 bits per heavy atom. The Kier molecular flexibility index (Phi) is 8.35. The molecule has 0 amide bonds. The molecule has 0 aromatic heterocycles. The molecule has 6 N–H and O–H groups in total. The van der Waals surface area contributed by atoms with Crippen LogP contribution >= 0.6 is 46.4 Å². The first-order valence-electron chi connectivity index (χ1n) is 10.5. The van der Waals surface area contributed by atoms with E-state index in [0.717, 1.165) is 12.1 Å². The van der Waals surface area contributed by atoms with E-state index in [0.29, 0.717) is 0 Å². The second-order valence-corrected chi connectivity index (χ2v) is 12.7. The second-order valence-electron chi connectivity index (χ2n) is 7.99. The quantitative estimate of drug-likeness (QED) is 0.0953. The van der Waals surface area contributed by atoms with E-state index in [1.807, 2.05) is 0 Å². The van der Waals surface area contributed by atoms with Crippen molar-refractivity contribution in [3.8, 4) is 0 Å². The highest BCUT2D eigenvalue weighted by Crippen LogP contribution is 2.32. The van der Waals surface area contributed by atoms with Crippen LogP contribution in [0, 0.1) is 0 Å². The standard InChI is InChI=1S/C20H16Cl4N8O6S2/c21-17-9-19(23,29-31-27-17)25-13-5-3-11(15(7-13)39(33,34)35)1-2-12-4-6-14(8-16(12)40(36,37)38)26-20(24)10-18(22)28-32-30-20/h1-10,25-26H,(H,27,29)(H,28,30)(H,33,34,35)(H,36,37,38)/b2-1+. The molecule has 2 heterocycles. The molecule has 2 aromatic rings. The number of alkyl halides is 2. The molecule has 212 valence electrons. The van der Waals surface area contributed by atoms with Crippen LogP contribution in [0.2, 0.25) is 0 Å². The fourth-order valence-electron chi connectivity index (χ4n) is 3.40. The molecule has 0 radical (unpaired) electrons. The predicted octanol–water partition coefficient (Wildman–Crippen LogP) is 5.06. The molecule has 20 heteroatoms. The van der Waals surface area contributed by atoms with Crippen LogP contribution in [0.4, 0.5) is 11.4 Å². The van der Waals surface area contributed by atoms with Crippen molar-refractivity contribution < 1.29 is 25.9 Å². The lowest BCUT2D eigenvalue weighted by atomic mass is 10.1. The largest absolute Gasteiger partial charge is 0.344 e. The number of nitrogens with zero attached hydrogens (tertiary/aromatic N) is 4. The van der Waals surface area contributed by atoms with Gasteiger partial charge in [0.1, 0.15) is 20.1 Å². The van der Waals surface area contributed by atoms with Crippen LogP contribution in [0.5, 0.6) is 0 Å². The summed E-state index contributed by atoms with van der Waals surface area (Å²) in [5, 5.41) is 16.8. The SMILES string of the molecule is O=S(=O)(O)c1cc(NC2(Cl)C=C(Cl)NN=N2)ccc1/C=C/c1ccc(NC2(Cl)C=C(Cl)NN=N2)cc1S(=O)(=O)O. The number of halogens is 4. The highest BCUT2D eigenvalue weighted by Gasteiger charge is 2.29. The molecule has 0 fully saturated rings. The maximum atomic E-state index is 12.1. The monoisotopic (exact) mass is 668 g/mol. The topological polar surface area (TPSA) is 206 Å². The first kappa shape index (κ1) is 30.0. The van der Waals surface area contributed by atoms with Gasteiger partial charge in [0.25, 0.3) is 20.2 Å². The third kappa shape index (κ3) is 7.41. The van der Waals surface area contributed by atoms with Gasteiger partial charge in [-0.15, -0.1) is 10.2 Å². The van der Waals surface area contributed by atoms with E-state index < -0.39 is 40.3 Å². The summed E-state index contributed by atoms with van der Waals surface area (Å²) in [6.45, 7) is 0. The van der Waals surface area contributed by atoms with Crippen LogP contribution in [0.15, 0.2) is 89.3 Å². The average molecular weight is 670 g/mol. The van der Waals surface area contributed by atoms with Gasteiger partial charge in [0.2, 0.25) is 10.2 Å². The van der Waals surface area contributed by atoms with Gasteiger partial charge in [0.15, 0.2) is 0 Å². The Hall–Kier alpha value is -2.96. The van der Waals surface area contributed by atoms with E-state index in [1.54, 1.807) is 0 Å². The van der Waals surface area contributed by atoms with Gasteiger partial charge >= 0.3 is 0 Å². The summed E-state index contributed by atoms with van der Waals surface area (Å²) >= 11 is 24.3. The number of benzene rings is 2. The highest BCUT2D eigenvalue weighted by atomic mass is 35.5. The predicted molar refractivity (Wildman–Crippen MR) is 150 cm³/mol. The third-order valence-electron chi connectivity index (χ3n) is 5.01. The van der Waals surface area contributed by atoms with Crippen molar-refractivity contribution >= 4 is 90.2 Å². The summed E-state index contributed by atoms with van der Waals surface area (Å²) in [5.41, 5.74) is 4.91. The van der Waals surface area contributed by atoms with Crippen molar-refractivity contribution in [1.29, 1.82) is 0 Å². The molecule has 40 heavy (non-hydrogen) atoms. The zero-order valence-electron chi connectivity index (χ0n) is 19.4. The summed E-state index contributed by atoms with van der Waals surface area (Å²) in [4.78, 5) is -1.10. The van der Waals surface area contributed by atoms with Gasteiger partial charge in [-0.3, -0.25) is 9.11 Å². The number of rotatable bonds is 8. The van der Waals surface area contributed by atoms with E-state index in [4.69, 9.17) is 46.4 Å². The fourth-order valence-corrected chi connectivity index (χ4v) is 5.84. The fraction of sp³-hybridized carbons (Fsp3) is 0.100. The summed E-state index contributed by atoms with van der Waals surface area (Å²) in [5.74, 6) is 0. The number of nitrogens with one attached hydrogen (secondary N) is 4. The minimum Gasteiger partial charge on any atom is -0.344 e. The molecule has 2 aliphatic rings. The molecular weight excluding hydrogens is 654 g/mol. The van der Waals surface area contributed by atoms with Gasteiger partial charge < -0.3 is 10.6 Å². The first-order valence-corrected chi connectivity index (χ1v) is 14.9. The molecule has 0 spiro atoms. The molecule has 0 aliphatic carbocycles.